The van der Waals surface area contributed by atoms with Gasteiger partial charge < -0.3 is 4.90 Å². The Balaban J connectivity index is 1.61. The first-order chi connectivity index (χ1) is 10.9. The smallest absolute Gasteiger partial charge is 0.203 e. The van der Waals surface area contributed by atoms with Gasteiger partial charge in [0.15, 0.2) is 5.82 Å². The van der Waals surface area contributed by atoms with Crippen molar-refractivity contribution < 1.29 is 0 Å². The summed E-state index contributed by atoms with van der Waals surface area (Å²) >= 11 is 1.83. The molecule has 3 aromatic rings. The van der Waals surface area contributed by atoms with Crippen molar-refractivity contribution in [3.8, 4) is 0 Å². The fraction of sp³-hybridized carbons (Fsp3) is 0.438. The van der Waals surface area contributed by atoms with Crippen molar-refractivity contribution in [2.45, 2.75) is 37.6 Å². The highest BCUT2D eigenvalue weighted by atomic mass is 32.1. The first kappa shape index (κ1) is 12.6. The van der Waals surface area contributed by atoms with Crippen molar-refractivity contribution in [2.75, 3.05) is 11.4 Å². The number of nitrogens with zero attached hydrogens (tertiary/aromatic N) is 5. The summed E-state index contributed by atoms with van der Waals surface area (Å²) in [5.74, 6) is 2.68. The van der Waals surface area contributed by atoms with Gasteiger partial charge in [0.25, 0.3) is 0 Å². The zero-order valence-corrected chi connectivity index (χ0v) is 13.0. The first-order valence-corrected chi connectivity index (χ1v) is 8.79. The molecule has 0 bridgehead atoms. The average Bonchev–Trinajstić information content (AvgIpc) is 3.02. The highest BCUT2D eigenvalue weighted by Crippen LogP contribution is 2.41. The van der Waals surface area contributed by atoms with Crippen LogP contribution in [0.15, 0.2) is 29.9 Å². The van der Waals surface area contributed by atoms with Crippen LogP contribution in [0.3, 0.4) is 0 Å². The lowest BCUT2D eigenvalue weighted by atomic mass is 10.2. The summed E-state index contributed by atoms with van der Waals surface area (Å²) < 4.78 is 2.14. The van der Waals surface area contributed by atoms with E-state index in [9.17, 15) is 0 Å². The standard InChI is InChI=1S/C16H17N5S/c1-3-12(13-4-2-10-22-13)20(8-1)15-16-19-18-14(11-5-6-11)21(16)9-7-17-15/h2,4,7,9-12H,1,3,5-6,8H2. The molecule has 1 aliphatic heterocycles. The van der Waals surface area contributed by atoms with Gasteiger partial charge in [-0.25, -0.2) is 4.98 Å². The topological polar surface area (TPSA) is 46.3 Å². The molecule has 1 unspecified atom stereocenters. The van der Waals surface area contributed by atoms with Gasteiger partial charge in [-0.15, -0.1) is 21.5 Å². The molecule has 3 aromatic heterocycles. The van der Waals surface area contributed by atoms with Crippen LogP contribution in [0.25, 0.3) is 5.65 Å². The van der Waals surface area contributed by atoms with E-state index in [0.29, 0.717) is 12.0 Å². The van der Waals surface area contributed by atoms with Crippen LogP contribution in [-0.2, 0) is 0 Å². The molecule has 0 aromatic carbocycles. The average molecular weight is 311 g/mol. The third-order valence-corrected chi connectivity index (χ3v) is 5.65. The summed E-state index contributed by atoms with van der Waals surface area (Å²) in [6, 6.07) is 4.79. The maximum absolute atomic E-state index is 4.65. The van der Waals surface area contributed by atoms with E-state index >= 15 is 0 Å². The van der Waals surface area contributed by atoms with Gasteiger partial charge in [0.2, 0.25) is 5.65 Å². The highest BCUT2D eigenvalue weighted by Gasteiger charge is 2.32. The molecule has 112 valence electrons. The van der Waals surface area contributed by atoms with Crippen molar-refractivity contribution in [1.82, 2.24) is 19.6 Å². The predicted octanol–water partition coefficient (Wildman–Crippen LogP) is 3.40. The van der Waals surface area contributed by atoms with E-state index in [0.717, 1.165) is 23.8 Å². The normalized spacial score (nSPS) is 21.8. The Morgan fingerprint density at radius 1 is 1.18 bits per heavy atom. The Labute approximate surface area is 132 Å². The largest absolute Gasteiger partial charge is 0.346 e. The van der Waals surface area contributed by atoms with Gasteiger partial charge in [-0.05, 0) is 37.1 Å². The maximum Gasteiger partial charge on any atom is 0.203 e. The van der Waals surface area contributed by atoms with Crippen LogP contribution >= 0.6 is 11.3 Å². The Hall–Kier alpha value is -1.95. The van der Waals surface area contributed by atoms with Crippen molar-refractivity contribution in [2.24, 2.45) is 0 Å². The van der Waals surface area contributed by atoms with Gasteiger partial charge in [0.1, 0.15) is 5.82 Å². The number of hydrogen-bond acceptors (Lipinski definition) is 5. The molecule has 1 atom stereocenters. The monoisotopic (exact) mass is 311 g/mol. The molecule has 0 radical (unpaired) electrons. The zero-order valence-electron chi connectivity index (χ0n) is 12.2. The zero-order chi connectivity index (χ0) is 14.5. The fourth-order valence-corrected chi connectivity index (χ4v) is 4.32. The molecule has 22 heavy (non-hydrogen) atoms. The van der Waals surface area contributed by atoms with Gasteiger partial charge in [-0.2, -0.15) is 0 Å². The van der Waals surface area contributed by atoms with Crippen molar-refractivity contribution in [3.05, 3.63) is 40.6 Å². The molecule has 2 fully saturated rings. The molecule has 6 heteroatoms. The minimum atomic E-state index is 0.430. The Morgan fingerprint density at radius 3 is 2.95 bits per heavy atom. The minimum absolute atomic E-state index is 0.430. The Kier molecular flexibility index (Phi) is 2.73. The third-order valence-electron chi connectivity index (χ3n) is 4.67. The van der Waals surface area contributed by atoms with E-state index in [4.69, 9.17) is 0 Å². The molecular formula is C16H17N5S. The second-order valence-corrected chi connectivity index (χ2v) is 7.12. The number of thiophene rings is 1. The lowest BCUT2D eigenvalue weighted by Crippen LogP contribution is -2.23. The second-order valence-electron chi connectivity index (χ2n) is 6.14. The summed E-state index contributed by atoms with van der Waals surface area (Å²) in [5.41, 5.74) is 0.910. The Morgan fingerprint density at radius 2 is 2.14 bits per heavy atom. The van der Waals surface area contributed by atoms with Crippen LogP contribution in [-0.4, -0.2) is 26.1 Å². The maximum atomic E-state index is 4.65. The van der Waals surface area contributed by atoms with Gasteiger partial charge in [0.05, 0.1) is 6.04 Å². The van der Waals surface area contributed by atoms with E-state index < -0.39 is 0 Å². The number of rotatable bonds is 3. The molecule has 5 rings (SSSR count). The molecule has 1 saturated heterocycles. The molecule has 0 spiro atoms. The quantitative estimate of drug-likeness (QED) is 0.743. The lowest BCUT2D eigenvalue weighted by Gasteiger charge is -2.24. The van der Waals surface area contributed by atoms with Crippen molar-refractivity contribution in [3.63, 3.8) is 0 Å². The summed E-state index contributed by atoms with van der Waals surface area (Å²) in [7, 11) is 0. The highest BCUT2D eigenvalue weighted by molar-refractivity contribution is 7.10. The first-order valence-electron chi connectivity index (χ1n) is 7.91. The van der Waals surface area contributed by atoms with E-state index in [2.05, 4.69) is 42.0 Å². The molecule has 1 aliphatic carbocycles. The minimum Gasteiger partial charge on any atom is -0.346 e. The molecular weight excluding hydrogens is 294 g/mol. The van der Waals surface area contributed by atoms with Crippen LogP contribution in [0.4, 0.5) is 5.82 Å². The number of hydrogen-bond donors (Lipinski definition) is 0. The number of anilines is 1. The van der Waals surface area contributed by atoms with Gasteiger partial charge in [-0.3, -0.25) is 4.40 Å². The molecule has 0 amide bonds. The van der Waals surface area contributed by atoms with Gasteiger partial charge in [0, 0.05) is 29.7 Å². The second kappa shape index (κ2) is 4.78. The van der Waals surface area contributed by atoms with Crippen LogP contribution in [0.2, 0.25) is 0 Å². The molecule has 2 aliphatic rings. The van der Waals surface area contributed by atoms with Gasteiger partial charge in [-0.1, -0.05) is 6.07 Å². The summed E-state index contributed by atoms with van der Waals surface area (Å²) in [5, 5.41) is 11.0. The van der Waals surface area contributed by atoms with Crippen molar-refractivity contribution >= 4 is 22.8 Å². The molecule has 1 saturated carbocycles. The van der Waals surface area contributed by atoms with Crippen LogP contribution < -0.4 is 4.90 Å². The summed E-state index contributed by atoms with van der Waals surface area (Å²) in [4.78, 5) is 8.48. The van der Waals surface area contributed by atoms with E-state index in [1.165, 1.54) is 30.6 Å². The van der Waals surface area contributed by atoms with Gasteiger partial charge >= 0.3 is 0 Å². The van der Waals surface area contributed by atoms with Crippen LogP contribution in [0.5, 0.6) is 0 Å². The third kappa shape index (κ3) is 1.86. The number of aromatic nitrogens is 4. The predicted molar refractivity (Wildman–Crippen MR) is 86.4 cm³/mol. The lowest BCUT2D eigenvalue weighted by molar-refractivity contribution is 0.724. The molecule has 4 heterocycles. The molecule has 0 N–H and O–H groups in total. The SMILES string of the molecule is c1csc(C2CCCN2c2nccn3c(C4CC4)nnc23)c1. The van der Waals surface area contributed by atoms with Crippen molar-refractivity contribution in [1.29, 1.82) is 0 Å². The summed E-state index contributed by atoms with van der Waals surface area (Å²) in [6.07, 6.45) is 8.76. The van der Waals surface area contributed by atoms with Crippen LogP contribution in [0.1, 0.15) is 48.3 Å². The van der Waals surface area contributed by atoms with E-state index in [1.807, 2.05) is 23.7 Å². The van der Waals surface area contributed by atoms with Crippen LogP contribution in [0, 0.1) is 0 Å². The fourth-order valence-electron chi connectivity index (χ4n) is 3.45. The summed E-state index contributed by atoms with van der Waals surface area (Å²) in [6.45, 7) is 1.04. The number of fused-ring (bicyclic) bond motifs is 1. The Bertz CT molecular complexity index is 805. The van der Waals surface area contributed by atoms with E-state index in [-0.39, 0.29) is 0 Å². The van der Waals surface area contributed by atoms with E-state index in [1.54, 1.807) is 0 Å². The molecule has 5 nitrogen and oxygen atoms in total.